The third-order valence-corrected chi connectivity index (χ3v) is 5.21. The van der Waals surface area contributed by atoms with Gasteiger partial charge in [0.05, 0.1) is 5.69 Å². The third kappa shape index (κ3) is 3.91. The van der Waals surface area contributed by atoms with Gasteiger partial charge in [-0.25, -0.2) is 4.68 Å². The lowest BCUT2D eigenvalue weighted by atomic mass is 10.0. The minimum atomic E-state index is -0.484. The Kier molecular flexibility index (Phi) is 5.41. The number of amides is 2. The van der Waals surface area contributed by atoms with Gasteiger partial charge in [-0.2, -0.15) is 10.2 Å². The van der Waals surface area contributed by atoms with Crippen molar-refractivity contribution in [1.82, 2.24) is 24.5 Å². The Hall–Kier alpha value is -3.42. The highest BCUT2D eigenvalue weighted by molar-refractivity contribution is 6.00. The second-order valence-corrected chi connectivity index (χ2v) is 7.03. The molecule has 4 rings (SSSR count). The van der Waals surface area contributed by atoms with E-state index in [2.05, 4.69) is 15.5 Å². The van der Waals surface area contributed by atoms with E-state index in [0.717, 1.165) is 18.5 Å². The number of aryl methyl sites for hydroxylation is 1. The van der Waals surface area contributed by atoms with Crippen LogP contribution in [0.2, 0.25) is 0 Å². The Balaban J connectivity index is 1.48. The number of nitrogens with one attached hydrogen (secondary N) is 1. The lowest BCUT2D eigenvalue weighted by Gasteiger charge is -2.34. The smallest absolute Gasteiger partial charge is 0.272 e. The van der Waals surface area contributed by atoms with Crippen LogP contribution in [0.1, 0.15) is 36.7 Å². The molecule has 1 aliphatic rings. The second-order valence-electron chi connectivity index (χ2n) is 7.03. The molecular weight excluding hydrogens is 368 g/mol. The molecule has 1 fully saturated rings. The molecular formula is C21H24N6O2. The van der Waals surface area contributed by atoms with Crippen LogP contribution in [0.4, 0.5) is 5.69 Å². The number of likely N-dealkylation sites (tertiary alicyclic amines) is 1. The molecule has 0 bridgehead atoms. The van der Waals surface area contributed by atoms with Crippen molar-refractivity contribution in [2.24, 2.45) is 0 Å². The molecule has 0 radical (unpaired) electrons. The quantitative estimate of drug-likeness (QED) is 0.723. The fourth-order valence-electron chi connectivity index (χ4n) is 3.71. The summed E-state index contributed by atoms with van der Waals surface area (Å²) in [7, 11) is 0. The molecule has 1 aromatic carbocycles. The summed E-state index contributed by atoms with van der Waals surface area (Å²) in [6, 6.07) is 10.6. The molecule has 1 saturated heterocycles. The normalized spacial score (nSPS) is 16.6. The molecule has 0 spiro atoms. The maximum absolute atomic E-state index is 13.1. The van der Waals surface area contributed by atoms with Gasteiger partial charge in [0.15, 0.2) is 0 Å². The van der Waals surface area contributed by atoms with Crippen molar-refractivity contribution in [3.63, 3.8) is 0 Å². The highest BCUT2D eigenvalue weighted by Crippen LogP contribution is 2.22. The largest absolute Gasteiger partial charge is 0.325 e. The van der Waals surface area contributed by atoms with Gasteiger partial charge in [0.2, 0.25) is 5.91 Å². The summed E-state index contributed by atoms with van der Waals surface area (Å²) in [4.78, 5) is 27.7. The van der Waals surface area contributed by atoms with E-state index in [1.54, 1.807) is 32.7 Å². The molecule has 0 aliphatic carbocycles. The molecule has 3 heterocycles. The van der Waals surface area contributed by atoms with E-state index in [1.165, 1.54) is 0 Å². The lowest BCUT2D eigenvalue weighted by molar-refractivity contribution is -0.121. The van der Waals surface area contributed by atoms with Gasteiger partial charge in [0.25, 0.3) is 5.91 Å². The van der Waals surface area contributed by atoms with Crippen LogP contribution in [0.5, 0.6) is 0 Å². The third-order valence-electron chi connectivity index (χ3n) is 5.21. The van der Waals surface area contributed by atoms with E-state index in [1.807, 2.05) is 43.5 Å². The molecule has 3 aromatic rings. The van der Waals surface area contributed by atoms with Crippen LogP contribution in [0, 0.1) is 0 Å². The summed E-state index contributed by atoms with van der Waals surface area (Å²) in [6.07, 6.45) is 7.68. The van der Waals surface area contributed by atoms with Crippen molar-refractivity contribution in [3.8, 4) is 5.69 Å². The minimum Gasteiger partial charge on any atom is -0.325 e. The Morgan fingerprint density at radius 3 is 2.66 bits per heavy atom. The predicted molar refractivity (Wildman–Crippen MR) is 109 cm³/mol. The van der Waals surface area contributed by atoms with Crippen LogP contribution in [-0.2, 0) is 11.3 Å². The fraction of sp³-hybridized carbons (Fsp3) is 0.333. The van der Waals surface area contributed by atoms with Crippen LogP contribution in [0.3, 0.4) is 0 Å². The predicted octanol–water partition coefficient (Wildman–Crippen LogP) is 2.72. The van der Waals surface area contributed by atoms with Crippen molar-refractivity contribution in [3.05, 3.63) is 60.7 Å². The maximum atomic E-state index is 13.1. The highest BCUT2D eigenvalue weighted by Gasteiger charge is 2.33. The summed E-state index contributed by atoms with van der Waals surface area (Å²) >= 11 is 0. The number of hydrogen-bond acceptors (Lipinski definition) is 4. The number of piperidine rings is 1. The Morgan fingerprint density at radius 1 is 1.10 bits per heavy atom. The number of anilines is 1. The molecule has 1 unspecified atom stereocenters. The van der Waals surface area contributed by atoms with Crippen molar-refractivity contribution in [2.45, 2.75) is 38.8 Å². The van der Waals surface area contributed by atoms with Crippen LogP contribution < -0.4 is 5.32 Å². The zero-order valence-electron chi connectivity index (χ0n) is 16.4. The van der Waals surface area contributed by atoms with Gasteiger partial charge in [0.1, 0.15) is 11.7 Å². The minimum absolute atomic E-state index is 0.141. The van der Waals surface area contributed by atoms with Crippen molar-refractivity contribution in [1.29, 1.82) is 0 Å². The van der Waals surface area contributed by atoms with Gasteiger partial charge >= 0.3 is 0 Å². The first-order chi connectivity index (χ1) is 14.2. The summed E-state index contributed by atoms with van der Waals surface area (Å²) in [5.74, 6) is -0.300. The van der Waals surface area contributed by atoms with Gasteiger partial charge in [0, 0.05) is 37.4 Å². The number of benzene rings is 1. The van der Waals surface area contributed by atoms with E-state index in [4.69, 9.17) is 0 Å². The van der Waals surface area contributed by atoms with Gasteiger partial charge in [-0.3, -0.25) is 14.3 Å². The summed E-state index contributed by atoms with van der Waals surface area (Å²) < 4.78 is 3.42. The molecule has 1 aliphatic heterocycles. The molecule has 1 atom stereocenters. The molecule has 29 heavy (non-hydrogen) atoms. The van der Waals surface area contributed by atoms with Crippen LogP contribution in [0.25, 0.3) is 5.69 Å². The highest BCUT2D eigenvalue weighted by atomic mass is 16.2. The molecule has 0 saturated carbocycles. The average molecular weight is 392 g/mol. The first-order valence-electron chi connectivity index (χ1n) is 9.91. The number of rotatable bonds is 5. The Bertz CT molecular complexity index is 977. The number of hydrogen-bond donors (Lipinski definition) is 1. The van der Waals surface area contributed by atoms with Gasteiger partial charge in [-0.1, -0.05) is 0 Å². The number of aromatic nitrogens is 4. The topological polar surface area (TPSA) is 85.0 Å². The zero-order chi connectivity index (χ0) is 20.2. The fourth-order valence-corrected chi connectivity index (χ4v) is 3.71. The van der Waals surface area contributed by atoms with E-state index >= 15 is 0 Å². The number of nitrogens with zero attached hydrogens (tertiary/aromatic N) is 5. The van der Waals surface area contributed by atoms with Crippen LogP contribution in [0.15, 0.2) is 55.0 Å². The monoisotopic (exact) mass is 392 g/mol. The number of carbonyl (C=O) groups is 2. The van der Waals surface area contributed by atoms with E-state index in [-0.39, 0.29) is 11.8 Å². The molecule has 8 nitrogen and oxygen atoms in total. The lowest BCUT2D eigenvalue weighted by Crippen LogP contribution is -2.50. The first-order valence-corrected chi connectivity index (χ1v) is 9.91. The SMILES string of the molecule is CCn1nccc1C(=O)N1CCCCC1C(=O)Nc1ccc(-n2cccn2)cc1. The summed E-state index contributed by atoms with van der Waals surface area (Å²) in [6.45, 7) is 3.13. The molecule has 150 valence electrons. The van der Waals surface area contributed by atoms with E-state index < -0.39 is 6.04 Å². The van der Waals surface area contributed by atoms with Crippen LogP contribution >= 0.6 is 0 Å². The standard InChI is InChI=1S/C21H24N6O2/c1-2-26-19(11-13-23-26)21(29)25-14-4-3-6-18(25)20(28)24-16-7-9-17(10-8-16)27-15-5-12-22-27/h5,7-13,15,18H,2-4,6,14H2,1H3,(H,24,28). The van der Waals surface area contributed by atoms with Gasteiger partial charge < -0.3 is 10.2 Å². The molecule has 1 N–H and O–H groups in total. The molecule has 2 aromatic heterocycles. The van der Waals surface area contributed by atoms with Crippen LogP contribution in [-0.4, -0.2) is 48.9 Å². The first kappa shape index (κ1) is 18.9. The van der Waals surface area contributed by atoms with E-state index in [0.29, 0.717) is 30.9 Å². The van der Waals surface area contributed by atoms with Crippen molar-refractivity contribution in [2.75, 3.05) is 11.9 Å². The molecule has 2 amide bonds. The van der Waals surface area contributed by atoms with Gasteiger partial charge in [-0.05, 0) is 62.6 Å². The van der Waals surface area contributed by atoms with E-state index in [9.17, 15) is 9.59 Å². The Morgan fingerprint density at radius 2 is 1.93 bits per heavy atom. The van der Waals surface area contributed by atoms with Gasteiger partial charge in [-0.15, -0.1) is 0 Å². The summed E-state index contributed by atoms with van der Waals surface area (Å²) in [5, 5.41) is 11.3. The maximum Gasteiger partial charge on any atom is 0.272 e. The average Bonchev–Trinajstić information content (AvgIpc) is 3.45. The zero-order valence-corrected chi connectivity index (χ0v) is 16.4. The summed E-state index contributed by atoms with van der Waals surface area (Å²) in [5.41, 5.74) is 2.13. The Labute approximate surface area is 169 Å². The van der Waals surface area contributed by atoms with Crippen molar-refractivity contribution < 1.29 is 9.59 Å². The number of carbonyl (C=O) groups excluding carboxylic acids is 2. The van der Waals surface area contributed by atoms with Crippen molar-refractivity contribution >= 4 is 17.5 Å². The molecule has 8 heteroatoms. The second kappa shape index (κ2) is 8.30.